The second kappa shape index (κ2) is 5.81. The van der Waals surface area contributed by atoms with Crippen LogP contribution in [-0.2, 0) is 9.59 Å². The lowest BCUT2D eigenvalue weighted by molar-refractivity contribution is -0.156. The largest absolute Gasteiger partial charge is 0.480 e. The molecule has 2 atom stereocenters. The van der Waals surface area contributed by atoms with Crippen LogP contribution in [-0.4, -0.2) is 45.4 Å². The normalized spacial score (nSPS) is 21.3. The minimum Gasteiger partial charge on any atom is -0.480 e. The number of hydrogen-bond donors (Lipinski definition) is 4. The molecule has 4 N–H and O–H groups in total. The lowest BCUT2D eigenvalue weighted by Gasteiger charge is -2.27. The second-order valence-electron chi connectivity index (χ2n) is 4.10. The van der Waals surface area contributed by atoms with Crippen molar-refractivity contribution in [1.82, 2.24) is 5.32 Å². The summed E-state index contributed by atoms with van der Waals surface area (Å²) in [7, 11) is 0. The molecule has 92 valence electrons. The van der Waals surface area contributed by atoms with Gasteiger partial charge in [0.2, 0.25) is 0 Å². The van der Waals surface area contributed by atoms with Crippen LogP contribution in [0, 0.1) is 0 Å². The maximum absolute atomic E-state index is 10.8. The van der Waals surface area contributed by atoms with E-state index in [4.69, 9.17) is 10.2 Å². The average Bonchev–Trinajstić information content (AvgIpc) is 2.26. The standard InChI is InChI=1S/C10H17NO5/c12-8(10(15)16)7(9(13)14)11-6-4-2-1-3-5-6/h6-8,11-12H,1-5H2,(H,13,14)(H,15,16). The van der Waals surface area contributed by atoms with Crippen molar-refractivity contribution in [3.05, 3.63) is 0 Å². The zero-order valence-electron chi connectivity index (χ0n) is 8.93. The van der Waals surface area contributed by atoms with Crippen molar-refractivity contribution < 1.29 is 24.9 Å². The summed E-state index contributed by atoms with van der Waals surface area (Å²) in [5, 5.41) is 29.4. The number of rotatable bonds is 5. The number of carboxylic acids is 2. The van der Waals surface area contributed by atoms with Gasteiger partial charge in [-0.1, -0.05) is 19.3 Å². The first-order valence-electron chi connectivity index (χ1n) is 5.42. The number of aliphatic carboxylic acids is 2. The molecule has 1 saturated carbocycles. The third kappa shape index (κ3) is 3.46. The van der Waals surface area contributed by atoms with Gasteiger partial charge >= 0.3 is 11.9 Å². The summed E-state index contributed by atoms with van der Waals surface area (Å²) in [6.07, 6.45) is 2.89. The number of hydrogen-bond acceptors (Lipinski definition) is 4. The van der Waals surface area contributed by atoms with Crippen LogP contribution < -0.4 is 5.32 Å². The summed E-state index contributed by atoms with van der Waals surface area (Å²) in [6.45, 7) is 0. The Kier molecular flexibility index (Phi) is 4.70. The van der Waals surface area contributed by atoms with E-state index in [-0.39, 0.29) is 6.04 Å². The molecular formula is C10H17NO5. The summed E-state index contributed by atoms with van der Waals surface area (Å²) < 4.78 is 0. The summed E-state index contributed by atoms with van der Waals surface area (Å²) in [5.41, 5.74) is 0. The van der Waals surface area contributed by atoms with Gasteiger partial charge in [0, 0.05) is 6.04 Å². The molecule has 0 aromatic rings. The predicted octanol–water partition coefficient (Wildman–Crippen LogP) is -0.193. The molecule has 0 aromatic carbocycles. The fourth-order valence-corrected chi connectivity index (χ4v) is 1.96. The Balaban J connectivity index is 2.56. The van der Waals surface area contributed by atoms with E-state index in [9.17, 15) is 14.7 Å². The van der Waals surface area contributed by atoms with E-state index in [0.29, 0.717) is 0 Å². The van der Waals surface area contributed by atoms with Gasteiger partial charge in [0.15, 0.2) is 6.10 Å². The first kappa shape index (κ1) is 12.9. The molecule has 0 amide bonds. The highest BCUT2D eigenvalue weighted by molar-refractivity contribution is 5.84. The van der Waals surface area contributed by atoms with E-state index in [1.807, 2.05) is 0 Å². The molecule has 0 radical (unpaired) electrons. The molecule has 0 aromatic heterocycles. The van der Waals surface area contributed by atoms with Crippen LogP contribution in [0.4, 0.5) is 0 Å². The number of carboxylic acid groups (broad SMARTS) is 2. The first-order chi connectivity index (χ1) is 7.52. The molecule has 16 heavy (non-hydrogen) atoms. The molecule has 0 heterocycles. The van der Waals surface area contributed by atoms with Crippen molar-refractivity contribution in [1.29, 1.82) is 0 Å². The molecule has 0 spiro atoms. The summed E-state index contributed by atoms with van der Waals surface area (Å²) in [6, 6.07) is -1.44. The lowest BCUT2D eigenvalue weighted by Crippen LogP contribution is -2.53. The van der Waals surface area contributed by atoms with E-state index >= 15 is 0 Å². The Labute approximate surface area is 93.3 Å². The number of nitrogens with one attached hydrogen (secondary N) is 1. The predicted molar refractivity (Wildman–Crippen MR) is 55.1 cm³/mol. The van der Waals surface area contributed by atoms with E-state index in [2.05, 4.69) is 5.32 Å². The summed E-state index contributed by atoms with van der Waals surface area (Å²) in [4.78, 5) is 21.4. The maximum Gasteiger partial charge on any atom is 0.334 e. The van der Waals surface area contributed by atoms with Crippen molar-refractivity contribution in [2.24, 2.45) is 0 Å². The van der Waals surface area contributed by atoms with Gasteiger partial charge in [-0.15, -0.1) is 0 Å². The molecule has 0 bridgehead atoms. The van der Waals surface area contributed by atoms with Crippen molar-refractivity contribution in [2.45, 2.75) is 50.3 Å². The SMILES string of the molecule is O=C(O)C(O)C(NC1CCCCC1)C(=O)O. The van der Waals surface area contributed by atoms with Gasteiger partial charge in [-0.05, 0) is 12.8 Å². The third-order valence-corrected chi connectivity index (χ3v) is 2.86. The Bertz CT molecular complexity index is 262. The van der Waals surface area contributed by atoms with Crippen molar-refractivity contribution in [3.63, 3.8) is 0 Å². The van der Waals surface area contributed by atoms with Crippen molar-refractivity contribution in [2.75, 3.05) is 0 Å². The monoisotopic (exact) mass is 231 g/mol. The zero-order chi connectivity index (χ0) is 12.1. The molecule has 1 aliphatic rings. The molecule has 1 aliphatic carbocycles. The van der Waals surface area contributed by atoms with E-state index in [1.165, 1.54) is 0 Å². The van der Waals surface area contributed by atoms with Crippen LogP contribution in [0.15, 0.2) is 0 Å². The van der Waals surface area contributed by atoms with E-state index in [0.717, 1.165) is 32.1 Å². The zero-order valence-corrected chi connectivity index (χ0v) is 8.93. The minimum absolute atomic E-state index is 0.0103. The van der Waals surface area contributed by atoms with Crippen LogP contribution in [0.3, 0.4) is 0 Å². The van der Waals surface area contributed by atoms with Gasteiger partial charge in [-0.2, -0.15) is 0 Å². The van der Waals surface area contributed by atoms with Crippen LogP contribution >= 0.6 is 0 Å². The van der Waals surface area contributed by atoms with Crippen LogP contribution in [0.25, 0.3) is 0 Å². The third-order valence-electron chi connectivity index (χ3n) is 2.86. The molecule has 6 nitrogen and oxygen atoms in total. The smallest absolute Gasteiger partial charge is 0.334 e. The van der Waals surface area contributed by atoms with Gasteiger partial charge in [-0.3, -0.25) is 10.1 Å². The molecule has 2 unspecified atom stereocenters. The molecular weight excluding hydrogens is 214 g/mol. The highest BCUT2D eigenvalue weighted by Gasteiger charge is 2.33. The van der Waals surface area contributed by atoms with Gasteiger partial charge in [-0.25, -0.2) is 4.79 Å². The Hall–Kier alpha value is -1.14. The van der Waals surface area contributed by atoms with Gasteiger partial charge in [0.25, 0.3) is 0 Å². The summed E-state index contributed by atoms with van der Waals surface area (Å²) in [5.74, 6) is -2.85. The van der Waals surface area contributed by atoms with Gasteiger partial charge in [0.1, 0.15) is 6.04 Å². The summed E-state index contributed by atoms with van der Waals surface area (Å²) >= 11 is 0. The van der Waals surface area contributed by atoms with Gasteiger partial charge < -0.3 is 15.3 Å². The fraction of sp³-hybridized carbons (Fsp3) is 0.800. The fourth-order valence-electron chi connectivity index (χ4n) is 1.96. The Morgan fingerprint density at radius 3 is 2.06 bits per heavy atom. The topological polar surface area (TPSA) is 107 Å². The van der Waals surface area contributed by atoms with Gasteiger partial charge in [0.05, 0.1) is 0 Å². The molecule has 1 rings (SSSR count). The average molecular weight is 231 g/mol. The second-order valence-corrected chi connectivity index (χ2v) is 4.10. The van der Waals surface area contributed by atoms with Crippen molar-refractivity contribution >= 4 is 11.9 Å². The van der Waals surface area contributed by atoms with Crippen LogP contribution in [0.2, 0.25) is 0 Å². The maximum atomic E-state index is 10.8. The molecule has 1 fully saturated rings. The molecule has 0 aliphatic heterocycles. The number of aliphatic hydroxyl groups is 1. The minimum atomic E-state index is -1.90. The van der Waals surface area contributed by atoms with E-state index in [1.54, 1.807) is 0 Å². The quantitative estimate of drug-likeness (QED) is 0.522. The molecule has 0 saturated heterocycles. The van der Waals surface area contributed by atoms with E-state index < -0.39 is 24.1 Å². The first-order valence-corrected chi connectivity index (χ1v) is 5.42. The lowest BCUT2D eigenvalue weighted by atomic mass is 9.94. The Morgan fingerprint density at radius 1 is 1.06 bits per heavy atom. The molecule has 6 heteroatoms. The number of carbonyl (C=O) groups is 2. The highest BCUT2D eigenvalue weighted by Crippen LogP contribution is 2.18. The van der Waals surface area contributed by atoms with Crippen LogP contribution in [0.1, 0.15) is 32.1 Å². The Morgan fingerprint density at radius 2 is 1.62 bits per heavy atom. The van der Waals surface area contributed by atoms with Crippen LogP contribution in [0.5, 0.6) is 0 Å². The number of aliphatic hydroxyl groups excluding tert-OH is 1. The highest BCUT2D eigenvalue weighted by atomic mass is 16.4. The van der Waals surface area contributed by atoms with Crippen molar-refractivity contribution in [3.8, 4) is 0 Å².